The van der Waals surface area contributed by atoms with Crippen LogP contribution in [0.15, 0.2) is 54.6 Å². The summed E-state index contributed by atoms with van der Waals surface area (Å²) < 4.78 is 20.6. The highest BCUT2D eigenvalue weighted by Gasteiger charge is 2.42. The first-order valence-corrected chi connectivity index (χ1v) is 10.4. The Kier molecular flexibility index (Phi) is 6.01. The number of nitriles is 1. The van der Waals surface area contributed by atoms with Gasteiger partial charge < -0.3 is 15.0 Å². The van der Waals surface area contributed by atoms with Gasteiger partial charge in [-0.2, -0.15) is 5.26 Å². The highest BCUT2D eigenvalue weighted by atomic mass is 19.1. The monoisotopic (exact) mass is 407 g/mol. The number of carbonyl (C=O) groups is 1. The molecule has 0 spiro atoms. The van der Waals surface area contributed by atoms with Crippen molar-refractivity contribution in [1.82, 2.24) is 10.2 Å². The van der Waals surface area contributed by atoms with E-state index in [1.807, 2.05) is 54.6 Å². The lowest BCUT2D eigenvalue weighted by molar-refractivity contribution is 0.0408. The van der Waals surface area contributed by atoms with Crippen molar-refractivity contribution in [3.8, 4) is 6.07 Å². The van der Waals surface area contributed by atoms with Crippen LogP contribution in [0.2, 0.25) is 0 Å². The molecule has 0 radical (unpaired) electrons. The van der Waals surface area contributed by atoms with Gasteiger partial charge in [0.05, 0.1) is 11.6 Å². The summed E-state index contributed by atoms with van der Waals surface area (Å²) in [4.78, 5) is 13.8. The molecule has 1 heterocycles. The molecule has 1 aliphatic heterocycles. The predicted octanol–water partition coefficient (Wildman–Crippen LogP) is 4.14. The van der Waals surface area contributed by atoms with Crippen LogP contribution >= 0.6 is 0 Å². The van der Waals surface area contributed by atoms with Gasteiger partial charge in [-0.15, -0.1) is 0 Å². The third-order valence-corrected chi connectivity index (χ3v) is 6.06. The van der Waals surface area contributed by atoms with Crippen LogP contribution in [0.4, 0.5) is 9.18 Å². The van der Waals surface area contributed by atoms with Gasteiger partial charge in [0.2, 0.25) is 0 Å². The molecule has 1 N–H and O–H groups in total. The number of rotatable bonds is 6. The summed E-state index contributed by atoms with van der Waals surface area (Å²) in [7, 11) is 0. The lowest BCUT2D eigenvalue weighted by Gasteiger charge is -2.36. The van der Waals surface area contributed by atoms with Crippen LogP contribution in [0, 0.1) is 11.3 Å². The van der Waals surface area contributed by atoms with Gasteiger partial charge in [-0.3, -0.25) is 0 Å². The van der Waals surface area contributed by atoms with E-state index in [0.29, 0.717) is 44.0 Å². The molecule has 2 aromatic rings. The maximum atomic E-state index is 15.2. The number of carbonyl (C=O) groups excluding carboxylic acids is 1. The van der Waals surface area contributed by atoms with E-state index >= 15 is 4.39 Å². The summed E-state index contributed by atoms with van der Waals surface area (Å²) >= 11 is 0. The second-order valence-corrected chi connectivity index (χ2v) is 8.24. The van der Waals surface area contributed by atoms with Crippen molar-refractivity contribution in [2.45, 2.75) is 43.5 Å². The van der Waals surface area contributed by atoms with Crippen molar-refractivity contribution in [3.63, 3.8) is 0 Å². The molecular weight excluding hydrogens is 381 g/mol. The Morgan fingerprint density at radius 3 is 2.53 bits per heavy atom. The minimum absolute atomic E-state index is 0.233. The molecule has 6 heteroatoms. The first kappa shape index (κ1) is 20.4. The van der Waals surface area contributed by atoms with Gasteiger partial charge in [0.15, 0.2) is 0 Å². The minimum Gasteiger partial charge on any atom is -0.445 e. The number of benzene rings is 2. The molecule has 1 saturated carbocycles. The zero-order valence-electron chi connectivity index (χ0n) is 16.9. The SMILES string of the molecule is N#Cc1ccc(C2CC2NCC2(F)CCN(C(=O)OCc3ccccc3)CC2)cc1. The molecule has 1 amide bonds. The Labute approximate surface area is 176 Å². The van der Waals surface area contributed by atoms with Crippen molar-refractivity contribution in [2.75, 3.05) is 19.6 Å². The van der Waals surface area contributed by atoms with Crippen LogP contribution < -0.4 is 5.32 Å². The van der Waals surface area contributed by atoms with E-state index in [1.54, 1.807) is 4.90 Å². The molecule has 156 valence electrons. The molecule has 1 aliphatic carbocycles. The van der Waals surface area contributed by atoms with Crippen LogP contribution in [-0.4, -0.2) is 42.3 Å². The van der Waals surface area contributed by atoms with Gasteiger partial charge in [-0.25, -0.2) is 9.18 Å². The van der Waals surface area contributed by atoms with Crippen molar-refractivity contribution in [3.05, 3.63) is 71.3 Å². The van der Waals surface area contributed by atoms with E-state index in [0.717, 1.165) is 12.0 Å². The number of hydrogen-bond donors (Lipinski definition) is 1. The van der Waals surface area contributed by atoms with Crippen LogP contribution in [-0.2, 0) is 11.3 Å². The lowest BCUT2D eigenvalue weighted by Crippen LogP contribution is -2.49. The highest BCUT2D eigenvalue weighted by molar-refractivity contribution is 5.67. The highest BCUT2D eigenvalue weighted by Crippen LogP contribution is 2.41. The van der Waals surface area contributed by atoms with E-state index in [4.69, 9.17) is 10.00 Å². The molecule has 2 atom stereocenters. The summed E-state index contributed by atoms with van der Waals surface area (Å²) in [5, 5.41) is 12.3. The fourth-order valence-corrected chi connectivity index (χ4v) is 3.99. The zero-order chi connectivity index (χ0) is 21.0. The number of likely N-dealkylation sites (tertiary alicyclic amines) is 1. The van der Waals surface area contributed by atoms with Gasteiger partial charge >= 0.3 is 6.09 Å². The molecule has 2 fully saturated rings. The van der Waals surface area contributed by atoms with Gasteiger partial charge in [-0.05, 0) is 29.7 Å². The molecule has 30 heavy (non-hydrogen) atoms. The molecule has 0 aromatic heterocycles. The van der Waals surface area contributed by atoms with E-state index in [1.165, 1.54) is 5.56 Å². The van der Waals surface area contributed by atoms with Gasteiger partial charge in [0.25, 0.3) is 0 Å². The first-order chi connectivity index (χ1) is 14.6. The van der Waals surface area contributed by atoms with E-state index in [9.17, 15) is 4.79 Å². The quantitative estimate of drug-likeness (QED) is 0.782. The van der Waals surface area contributed by atoms with Crippen LogP contribution in [0.3, 0.4) is 0 Å². The van der Waals surface area contributed by atoms with Gasteiger partial charge in [-0.1, -0.05) is 42.5 Å². The Bertz CT molecular complexity index is 902. The Hall–Kier alpha value is -2.91. The second-order valence-electron chi connectivity index (χ2n) is 8.24. The van der Waals surface area contributed by atoms with Crippen molar-refractivity contribution >= 4 is 6.09 Å². The van der Waals surface area contributed by atoms with Crippen molar-refractivity contribution in [2.24, 2.45) is 0 Å². The third kappa shape index (κ3) is 4.98. The maximum Gasteiger partial charge on any atom is 0.410 e. The standard InChI is InChI=1S/C24H26FN3O2/c25-24(17-27-22-14-21(22)20-8-6-18(15-26)7-9-20)10-12-28(13-11-24)23(29)30-16-19-4-2-1-3-5-19/h1-9,21-22,27H,10-14,16-17H2. The molecule has 5 nitrogen and oxygen atoms in total. The lowest BCUT2D eigenvalue weighted by atomic mass is 9.93. The average molecular weight is 407 g/mol. The van der Waals surface area contributed by atoms with Gasteiger partial charge in [0.1, 0.15) is 12.3 Å². The smallest absolute Gasteiger partial charge is 0.410 e. The molecule has 2 aliphatic rings. The topological polar surface area (TPSA) is 65.4 Å². The summed E-state index contributed by atoms with van der Waals surface area (Å²) in [6.07, 6.45) is 1.24. The summed E-state index contributed by atoms with van der Waals surface area (Å²) in [6, 6.07) is 19.6. The molecule has 1 saturated heterocycles. The number of hydrogen-bond acceptors (Lipinski definition) is 4. The number of amides is 1. The summed E-state index contributed by atoms with van der Waals surface area (Å²) in [6.45, 7) is 1.28. The minimum atomic E-state index is -1.30. The van der Waals surface area contributed by atoms with Crippen molar-refractivity contribution in [1.29, 1.82) is 5.26 Å². The Morgan fingerprint density at radius 1 is 1.17 bits per heavy atom. The van der Waals surface area contributed by atoms with E-state index in [-0.39, 0.29) is 18.7 Å². The van der Waals surface area contributed by atoms with E-state index in [2.05, 4.69) is 11.4 Å². The largest absolute Gasteiger partial charge is 0.445 e. The van der Waals surface area contributed by atoms with Crippen LogP contribution in [0.5, 0.6) is 0 Å². The average Bonchev–Trinajstić information content (AvgIpc) is 3.57. The molecule has 2 unspecified atom stereocenters. The zero-order valence-corrected chi connectivity index (χ0v) is 16.9. The number of halogens is 1. The number of nitrogens with one attached hydrogen (secondary N) is 1. The van der Waals surface area contributed by atoms with Gasteiger partial charge in [0, 0.05) is 44.4 Å². The number of alkyl halides is 1. The van der Waals surface area contributed by atoms with Crippen LogP contribution in [0.1, 0.15) is 41.9 Å². The summed E-state index contributed by atoms with van der Waals surface area (Å²) in [5.74, 6) is 0.384. The normalized spacial score (nSPS) is 22.2. The Balaban J connectivity index is 1.19. The Morgan fingerprint density at radius 2 is 1.87 bits per heavy atom. The first-order valence-electron chi connectivity index (χ1n) is 10.4. The number of piperidine rings is 1. The molecule has 2 aromatic carbocycles. The fraction of sp³-hybridized carbons (Fsp3) is 0.417. The molecule has 4 rings (SSSR count). The van der Waals surface area contributed by atoms with Crippen LogP contribution in [0.25, 0.3) is 0 Å². The summed E-state index contributed by atoms with van der Waals surface area (Å²) in [5.41, 5.74) is 1.48. The third-order valence-electron chi connectivity index (χ3n) is 6.06. The predicted molar refractivity (Wildman–Crippen MR) is 112 cm³/mol. The van der Waals surface area contributed by atoms with Crippen molar-refractivity contribution < 1.29 is 13.9 Å². The second kappa shape index (κ2) is 8.85. The molecular formula is C24H26FN3O2. The number of ether oxygens (including phenoxy) is 1. The fourth-order valence-electron chi connectivity index (χ4n) is 3.99. The maximum absolute atomic E-state index is 15.2. The molecule has 0 bridgehead atoms. The number of nitrogens with zero attached hydrogens (tertiary/aromatic N) is 2. The van der Waals surface area contributed by atoms with E-state index < -0.39 is 5.67 Å².